The number of ether oxygens (including phenoxy) is 1. The lowest BCUT2D eigenvalue weighted by atomic mass is 10.2. The summed E-state index contributed by atoms with van der Waals surface area (Å²) in [6, 6.07) is 8.12. The molecule has 1 aromatic carbocycles. The number of amides is 1. The topological polar surface area (TPSA) is 59.5 Å². The van der Waals surface area contributed by atoms with Gasteiger partial charge in [-0.1, -0.05) is 40.9 Å². The zero-order chi connectivity index (χ0) is 17.7. The Morgan fingerprint density at radius 3 is 2.58 bits per heavy atom. The van der Waals surface area contributed by atoms with Crippen LogP contribution in [0.5, 0.6) is 0 Å². The van der Waals surface area contributed by atoms with Crippen molar-refractivity contribution in [2.24, 2.45) is 0 Å². The number of carbonyl (C=O) groups is 2. The quantitative estimate of drug-likeness (QED) is 0.577. The molecule has 5 nitrogen and oxygen atoms in total. The van der Waals surface area contributed by atoms with Gasteiger partial charge in [-0.2, -0.15) is 0 Å². The summed E-state index contributed by atoms with van der Waals surface area (Å²) in [4.78, 5) is 29.1. The maximum absolute atomic E-state index is 12.1. The van der Waals surface area contributed by atoms with Gasteiger partial charge in [0.2, 0.25) is 0 Å². The highest BCUT2D eigenvalue weighted by Gasteiger charge is 2.16. The third-order valence-corrected chi connectivity index (χ3v) is 4.18. The number of carbonyl (C=O) groups excluding carboxylic acids is 2. The van der Waals surface area contributed by atoms with Crippen LogP contribution in [0.3, 0.4) is 0 Å². The zero-order valence-corrected chi connectivity index (χ0v) is 14.9. The van der Waals surface area contributed by atoms with Gasteiger partial charge in [-0.25, -0.2) is 9.78 Å². The molecule has 1 aromatic heterocycles. The molecule has 1 heterocycles. The van der Waals surface area contributed by atoms with E-state index >= 15 is 0 Å². The standard InChI is InChI=1S/C16H13Cl3N2O3/c1-21(8-10-4-5-12(17)13(18)7-10)14(22)9-24-16(23)11-3-2-6-20-15(11)19/h2-7H,8-9H2,1H3. The van der Waals surface area contributed by atoms with Crippen LogP contribution >= 0.6 is 34.8 Å². The van der Waals surface area contributed by atoms with Crippen LogP contribution in [0.25, 0.3) is 0 Å². The van der Waals surface area contributed by atoms with Gasteiger partial charge in [0.25, 0.3) is 5.91 Å². The van der Waals surface area contributed by atoms with Gasteiger partial charge in [-0.3, -0.25) is 4.79 Å². The molecule has 8 heteroatoms. The van der Waals surface area contributed by atoms with Crippen LogP contribution < -0.4 is 0 Å². The molecule has 0 unspecified atom stereocenters. The van der Waals surface area contributed by atoms with Crippen molar-refractivity contribution >= 4 is 46.7 Å². The highest BCUT2D eigenvalue weighted by molar-refractivity contribution is 6.42. The number of nitrogens with zero attached hydrogens (tertiary/aromatic N) is 2. The first-order valence-corrected chi connectivity index (χ1v) is 7.97. The van der Waals surface area contributed by atoms with Gasteiger partial charge in [-0.05, 0) is 29.8 Å². The highest BCUT2D eigenvalue weighted by Crippen LogP contribution is 2.23. The number of pyridine rings is 1. The molecule has 0 fully saturated rings. The van der Waals surface area contributed by atoms with Crippen LogP contribution in [0, 0.1) is 0 Å². The van der Waals surface area contributed by atoms with Gasteiger partial charge in [-0.15, -0.1) is 0 Å². The smallest absolute Gasteiger partial charge is 0.341 e. The minimum absolute atomic E-state index is 0.0270. The minimum atomic E-state index is -0.704. The number of hydrogen-bond donors (Lipinski definition) is 0. The molecule has 0 N–H and O–H groups in total. The second-order valence-electron chi connectivity index (χ2n) is 4.92. The fraction of sp³-hybridized carbons (Fsp3) is 0.188. The van der Waals surface area contributed by atoms with Crippen LogP contribution in [0.15, 0.2) is 36.5 Å². The monoisotopic (exact) mass is 386 g/mol. The second kappa shape index (κ2) is 8.33. The Labute approximate surface area is 154 Å². The van der Waals surface area contributed by atoms with Crippen molar-refractivity contribution in [3.05, 3.63) is 62.9 Å². The maximum atomic E-state index is 12.1. The predicted octanol–water partition coefficient (Wildman–Crippen LogP) is 3.86. The lowest BCUT2D eigenvalue weighted by Gasteiger charge is -2.17. The van der Waals surface area contributed by atoms with Gasteiger partial charge in [0.1, 0.15) is 5.15 Å². The molecular weight excluding hydrogens is 375 g/mol. The number of rotatable bonds is 5. The summed E-state index contributed by atoms with van der Waals surface area (Å²) in [6.45, 7) is -0.0944. The second-order valence-corrected chi connectivity index (χ2v) is 6.09. The Bertz CT molecular complexity index is 768. The first-order valence-electron chi connectivity index (χ1n) is 6.84. The number of likely N-dealkylation sites (N-methyl/N-ethyl adjacent to an activating group) is 1. The van der Waals surface area contributed by atoms with Crippen molar-refractivity contribution < 1.29 is 14.3 Å². The summed E-state index contributed by atoms with van der Waals surface area (Å²) in [5, 5.41) is 0.878. The van der Waals surface area contributed by atoms with E-state index in [1.54, 1.807) is 31.3 Å². The molecule has 0 spiro atoms. The van der Waals surface area contributed by atoms with E-state index in [1.807, 2.05) is 0 Å². The fourth-order valence-corrected chi connectivity index (χ4v) is 2.37. The van der Waals surface area contributed by atoms with E-state index in [9.17, 15) is 9.59 Å². The number of benzene rings is 1. The maximum Gasteiger partial charge on any atom is 0.341 e. The first kappa shape index (κ1) is 18.5. The van der Waals surface area contributed by atoms with Gasteiger partial charge in [0, 0.05) is 19.8 Å². The Morgan fingerprint density at radius 1 is 1.17 bits per heavy atom. The van der Waals surface area contributed by atoms with Crippen molar-refractivity contribution in [2.75, 3.05) is 13.7 Å². The summed E-state index contributed by atoms with van der Waals surface area (Å²) in [7, 11) is 1.59. The molecule has 0 saturated carbocycles. The number of halogens is 3. The number of esters is 1. The van der Waals surface area contributed by atoms with Crippen LogP contribution in [0.1, 0.15) is 15.9 Å². The summed E-state index contributed by atoms with van der Waals surface area (Å²) in [6.07, 6.45) is 1.45. The summed E-state index contributed by atoms with van der Waals surface area (Å²) >= 11 is 17.6. The lowest BCUT2D eigenvalue weighted by molar-refractivity contribution is -0.133. The van der Waals surface area contributed by atoms with Gasteiger partial charge in [0.15, 0.2) is 6.61 Å². The Balaban J connectivity index is 1.91. The van der Waals surface area contributed by atoms with E-state index in [0.29, 0.717) is 16.6 Å². The summed E-state index contributed by atoms with van der Waals surface area (Å²) < 4.78 is 4.97. The molecule has 2 rings (SSSR count). The predicted molar refractivity (Wildman–Crippen MR) is 92.5 cm³/mol. The van der Waals surface area contributed by atoms with Crippen LogP contribution in [0.2, 0.25) is 15.2 Å². The van der Waals surface area contributed by atoms with E-state index in [4.69, 9.17) is 39.5 Å². The minimum Gasteiger partial charge on any atom is -0.452 e. The van der Waals surface area contributed by atoms with Gasteiger partial charge < -0.3 is 9.64 Å². The van der Waals surface area contributed by atoms with Crippen LogP contribution in [0.4, 0.5) is 0 Å². The number of aromatic nitrogens is 1. The molecule has 24 heavy (non-hydrogen) atoms. The van der Waals surface area contributed by atoms with Gasteiger partial charge >= 0.3 is 5.97 Å². The van der Waals surface area contributed by atoms with Crippen LogP contribution in [-0.4, -0.2) is 35.4 Å². The first-order chi connectivity index (χ1) is 11.4. The molecule has 1 amide bonds. The molecule has 0 atom stereocenters. The van der Waals surface area contributed by atoms with Crippen molar-refractivity contribution in [2.45, 2.75) is 6.54 Å². The van der Waals surface area contributed by atoms with Crippen molar-refractivity contribution in [1.29, 1.82) is 0 Å². The molecule has 0 bridgehead atoms. The van der Waals surface area contributed by atoms with E-state index in [1.165, 1.54) is 17.2 Å². The molecule has 0 radical (unpaired) electrons. The molecule has 0 aliphatic heterocycles. The SMILES string of the molecule is CN(Cc1ccc(Cl)c(Cl)c1)C(=O)COC(=O)c1cccnc1Cl. The van der Waals surface area contributed by atoms with E-state index < -0.39 is 12.6 Å². The Kier molecular flexibility index (Phi) is 6.43. The van der Waals surface area contributed by atoms with Crippen molar-refractivity contribution in [1.82, 2.24) is 9.88 Å². The number of hydrogen-bond acceptors (Lipinski definition) is 4. The molecule has 2 aromatic rings. The van der Waals surface area contributed by atoms with Gasteiger partial charge in [0.05, 0.1) is 15.6 Å². The largest absolute Gasteiger partial charge is 0.452 e. The molecule has 0 aliphatic carbocycles. The van der Waals surface area contributed by atoms with Crippen LogP contribution in [-0.2, 0) is 16.1 Å². The lowest BCUT2D eigenvalue weighted by Crippen LogP contribution is -2.30. The third kappa shape index (κ3) is 4.84. The normalized spacial score (nSPS) is 10.3. The Morgan fingerprint density at radius 2 is 1.92 bits per heavy atom. The average Bonchev–Trinajstić information content (AvgIpc) is 2.56. The molecule has 0 aliphatic rings. The molecular formula is C16H13Cl3N2O3. The van der Waals surface area contributed by atoms with E-state index in [-0.39, 0.29) is 16.6 Å². The third-order valence-electron chi connectivity index (χ3n) is 3.14. The highest BCUT2D eigenvalue weighted by atomic mass is 35.5. The summed E-state index contributed by atoms with van der Waals surface area (Å²) in [5.74, 6) is -1.07. The van der Waals surface area contributed by atoms with Crippen molar-refractivity contribution in [3.8, 4) is 0 Å². The molecule has 0 saturated heterocycles. The summed E-state index contributed by atoms with van der Waals surface area (Å²) in [5.41, 5.74) is 0.918. The zero-order valence-electron chi connectivity index (χ0n) is 12.6. The molecule has 126 valence electrons. The fourth-order valence-electron chi connectivity index (χ4n) is 1.85. The average molecular weight is 388 g/mol. The van der Waals surface area contributed by atoms with E-state index in [0.717, 1.165) is 5.56 Å². The Hall–Kier alpha value is -1.82. The van der Waals surface area contributed by atoms with E-state index in [2.05, 4.69) is 4.98 Å². The van der Waals surface area contributed by atoms with Crippen molar-refractivity contribution in [3.63, 3.8) is 0 Å².